The maximum atomic E-state index is 5.98. The summed E-state index contributed by atoms with van der Waals surface area (Å²) in [5.74, 6) is 1.39. The van der Waals surface area contributed by atoms with Gasteiger partial charge in [0.05, 0.1) is 12.5 Å². The summed E-state index contributed by atoms with van der Waals surface area (Å²) in [5.41, 5.74) is 2.20. The van der Waals surface area contributed by atoms with Crippen LogP contribution in [0.25, 0.3) is 0 Å². The minimum atomic E-state index is 0.488. The first-order valence-electron chi connectivity index (χ1n) is 8.37. The molecule has 0 aliphatic carbocycles. The largest absolute Gasteiger partial charge is 0.494 e. The molecule has 3 heteroatoms. The van der Waals surface area contributed by atoms with Gasteiger partial charge < -0.3 is 10.1 Å². The van der Waals surface area contributed by atoms with E-state index >= 15 is 0 Å². The van der Waals surface area contributed by atoms with Gasteiger partial charge in [-0.3, -0.25) is 0 Å². The van der Waals surface area contributed by atoms with Crippen LogP contribution in [0.1, 0.15) is 64.4 Å². The van der Waals surface area contributed by atoms with Crippen LogP contribution >= 0.6 is 11.6 Å². The van der Waals surface area contributed by atoms with Crippen LogP contribution in [0.4, 0.5) is 5.69 Å². The number of nitrogens with one attached hydrogen (secondary N) is 1. The zero-order valence-corrected chi connectivity index (χ0v) is 14.3. The summed E-state index contributed by atoms with van der Waals surface area (Å²) in [7, 11) is 0. The molecule has 1 aromatic rings. The van der Waals surface area contributed by atoms with Crippen LogP contribution in [0.5, 0.6) is 5.75 Å². The second-order valence-electron chi connectivity index (χ2n) is 5.44. The summed E-state index contributed by atoms with van der Waals surface area (Å²) in [5, 5.41) is 3.48. The molecule has 0 fully saturated rings. The number of benzene rings is 1. The van der Waals surface area contributed by atoms with Crippen molar-refractivity contribution in [2.24, 2.45) is 0 Å². The Kier molecular flexibility index (Phi) is 10.1. The van der Waals surface area contributed by atoms with Gasteiger partial charge in [0.15, 0.2) is 0 Å². The number of rotatable bonds is 12. The van der Waals surface area contributed by atoms with E-state index in [1.54, 1.807) is 0 Å². The van der Waals surface area contributed by atoms with E-state index < -0.39 is 0 Å². The van der Waals surface area contributed by atoms with Crippen LogP contribution in [-0.4, -0.2) is 13.2 Å². The lowest BCUT2D eigenvalue weighted by molar-refractivity contribution is 0.337. The van der Waals surface area contributed by atoms with E-state index in [0.717, 1.165) is 23.5 Å². The third-order valence-corrected chi connectivity index (χ3v) is 3.90. The molecular weight excluding hydrogens is 282 g/mol. The second kappa shape index (κ2) is 11.7. The van der Waals surface area contributed by atoms with Gasteiger partial charge in [0.25, 0.3) is 0 Å². The van der Waals surface area contributed by atoms with Crippen molar-refractivity contribution in [1.29, 1.82) is 0 Å². The minimum absolute atomic E-state index is 0.488. The molecule has 0 amide bonds. The van der Waals surface area contributed by atoms with Crippen molar-refractivity contribution in [2.45, 2.75) is 64.7 Å². The molecule has 2 nitrogen and oxygen atoms in total. The van der Waals surface area contributed by atoms with Gasteiger partial charge in [-0.15, -0.1) is 11.6 Å². The van der Waals surface area contributed by atoms with E-state index in [2.05, 4.69) is 24.4 Å². The lowest BCUT2D eigenvalue weighted by Gasteiger charge is -2.12. The third-order valence-electron chi connectivity index (χ3n) is 3.61. The first-order chi connectivity index (χ1) is 10.3. The highest BCUT2D eigenvalue weighted by molar-refractivity contribution is 6.17. The standard InChI is InChI=1S/C18H30ClNO/c1-3-5-6-7-8-9-10-13-20-17-11-12-18(21-4-2)16(14-17)15-19/h11-12,14,20H,3-10,13,15H2,1-2H3. The van der Waals surface area contributed by atoms with Gasteiger partial charge in [0, 0.05) is 17.8 Å². The van der Waals surface area contributed by atoms with Crippen LogP contribution in [0.15, 0.2) is 18.2 Å². The van der Waals surface area contributed by atoms with Crippen molar-refractivity contribution >= 4 is 17.3 Å². The van der Waals surface area contributed by atoms with Crippen LogP contribution in [0, 0.1) is 0 Å². The Hall–Kier alpha value is -0.890. The van der Waals surface area contributed by atoms with Gasteiger partial charge in [0.2, 0.25) is 0 Å². The highest BCUT2D eigenvalue weighted by Crippen LogP contribution is 2.24. The SMILES string of the molecule is CCCCCCCCCNc1ccc(OCC)c(CCl)c1. The molecule has 0 aliphatic rings. The summed E-state index contributed by atoms with van der Waals surface area (Å²) in [4.78, 5) is 0. The average molecular weight is 312 g/mol. The normalized spacial score (nSPS) is 10.6. The molecule has 0 atom stereocenters. The van der Waals surface area contributed by atoms with Gasteiger partial charge in [-0.1, -0.05) is 45.4 Å². The van der Waals surface area contributed by atoms with Crippen molar-refractivity contribution in [1.82, 2.24) is 0 Å². The fourth-order valence-corrected chi connectivity index (χ4v) is 2.61. The highest BCUT2D eigenvalue weighted by Gasteiger charge is 2.03. The predicted octanol–water partition coefficient (Wildman–Crippen LogP) is 5.99. The molecule has 21 heavy (non-hydrogen) atoms. The predicted molar refractivity (Wildman–Crippen MR) is 93.7 cm³/mol. The van der Waals surface area contributed by atoms with Crippen molar-refractivity contribution in [2.75, 3.05) is 18.5 Å². The molecule has 0 bridgehead atoms. The lowest BCUT2D eigenvalue weighted by Crippen LogP contribution is -2.03. The molecular formula is C18H30ClNO. The van der Waals surface area contributed by atoms with Crippen LogP contribution in [0.2, 0.25) is 0 Å². The fourth-order valence-electron chi connectivity index (χ4n) is 2.40. The van der Waals surface area contributed by atoms with Gasteiger partial charge in [0.1, 0.15) is 5.75 Å². The smallest absolute Gasteiger partial charge is 0.123 e. The number of hydrogen-bond acceptors (Lipinski definition) is 2. The van der Waals surface area contributed by atoms with Gasteiger partial charge >= 0.3 is 0 Å². The number of alkyl halides is 1. The average Bonchev–Trinajstić information content (AvgIpc) is 2.51. The molecule has 0 spiro atoms. The number of anilines is 1. The molecule has 1 rings (SSSR count). The summed E-state index contributed by atoms with van der Waals surface area (Å²) in [6.45, 7) is 5.96. The van der Waals surface area contributed by atoms with E-state index in [-0.39, 0.29) is 0 Å². The molecule has 1 N–H and O–H groups in total. The van der Waals surface area contributed by atoms with Gasteiger partial charge in [-0.2, -0.15) is 0 Å². The summed E-state index contributed by atoms with van der Waals surface area (Å²) in [6.07, 6.45) is 9.38. The third kappa shape index (κ3) is 7.61. The molecule has 1 aromatic carbocycles. The van der Waals surface area contributed by atoms with E-state index in [1.165, 1.54) is 44.9 Å². The number of unbranched alkanes of at least 4 members (excludes halogenated alkanes) is 6. The Morgan fingerprint density at radius 2 is 1.71 bits per heavy atom. The monoisotopic (exact) mass is 311 g/mol. The zero-order chi connectivity index (χ0) is 15.3. The van der Waals surface area contributed by atoms with Crippen molar-refractivity contribution in [3.63, 3.8) is 0 Å². The minimum Gasteiger partial charge on any atom is -0.494 e. The van der Waals surface area contributed by atoms with Crippen LogP contribution < -0.4 is 10.1 Å². The topological polar surface area (TPSA) is 21.3 Å². The fraction of sp³-hybridized carbons (Fsp3) is 0.667. The van der Waals surface area contributed by atoms with Gasteiger partial charge in [-0.05, 0) is 31.5 Å². The highest BCUT2D eigenvalue weighted by atomic mass is 35.5. The maximum absolute atomic E-state index is 5.98. The van der Waals surface area contributed by atoms with Gasteiger partial charge in [-0.25, -0.2) is 0 Å². The lowest BCUT2D eigenvalue weighted by atomic mass is 10.1. The number of hydrogen-bond donors (Lipinski definition) is 1. The molecule has 0 aliphatic heterocycles. The Balaban J connectivity index is 2.23. The van der Waals surface area contributed by atoms with E-state index in [4.69, 9.17) is 16.3 Å². The Labute approximate surface area is 135 Å². The Bertz CT molecular complexity index is 381. The molecule has 120 valence electrons. The Morgan fingerprint density at radius 1 is 1.00 bits per heavy atom. The molecule has 0 saturated carbocycles. The van der Waals surface area contributed by atoms with Crippen molar-refractivity contribution < 1.29 is 4.74 Å². The van der Waals surface area contributed by atoms with Crippen LogP contribution in [0.3, 0.4) is 0 Å². The first-order valence-corrected chi connectivity index (χ1v) is 8.90. The molecule has 0 heterocycles. The first kappa shape index (κ1) is 18.2. The molecule has 0 saturated heterocycles. The van der Waals surface area contributed by atoms with E-state index in [1.807, 2.05) is 13.0 Å². The molecule has 0 radical (unpaired) electrons. The molecule has 0 unspecified atom stereocenters. The van der Waals surface area contributed by atoms with E-state index in [9.17, 15) is 0 Å². The quantitative estimate of drug-likeness (QED) is 0.378. The summed E-state index contributed by atoms with van der Waals surface area (Å²) < 4.78 is 5.56. The zero-order valence-electron chi connectivity index (χ0n) is 13.6. The van der Waals surface area contributed by atoms with Crippen molar-refractivity contribution in [3.05, 3.63) is 23.8 Å². The maximum Gasteiger partial charge on any atom is 0.123 e. The van der Waals surface area contributed by atoms with Crippen molar-refractivity contribution in [3.8, 4) is 5.75 Å². The Morgan fingerprint density at radius 3 is 2.38 bits per heavy atom. The second-order valence-corrected chi connectivity index (χ2v) is 5.70. The van der Waals surface area contributed by atoms with E-state index in [0.29, 0.717) is 12.5 Å². The number of halogens is 1. The van der Waals surface area contributed by atoms with Crippen LogP contribution in [-0.2, 0) is 5.88 Å². The molecule has 0 aromatic heterocycles. The summed E-state index contributed by atoms with van der Waals surface area (Å²) in [6, 6.07) is 6.18. The summed E-state index contributed by atoms with van der Waals surface area (Å²) >= 11 is 5.98. The number of ether oxygens (including phenoxy) is 1.